The largest absolute Gasteiger partial charge is 0.506 e. The lowest BCUT2D eigenvalue weighted by Gasteiger charge is -2.18. The van der Waals surface area contributed by atoms with Crippen LogP contribution in [-0.4, -0.2) is 24.0 Å². The number of hydrogen-bond donors (Lipinski definition) is 1. The quantitative estimate of drug-likeness (QED) is 0.813. The van der Waals surface area contributed by atoms with Crippen LogP contribution in [0.5, 0.6) is 5.75 Å². The molecule has 0 aromatic heterocycles. The van der Waals surface area contributed by atoms with Crippen LogP contribution in [0.1, 0.15) is 25.3 Å². The van der Waals surface area contributed by atoms with E-state index < -0.39 is 0 Å². The molecule has 0 amide bonds. The topological polar surface area (TPSA) is 40.5 Å². The number of allylic oxidation sites excluding steroid dienone is 1. The first kappa shape index (κ1) is 11.7. The van der Waals surface area contributed by atoms with Crippen molar-refractivity contribution in [2.24, 2.45) is 0 Å². The van der Waals surface area contributed by atoms with Crippen LogP contribution in [0.3, 0.4) is 0 Å². The molecule has 2 rings (SSSR count). The van der Waals surface area contributed by atoms with E-state index in [4.69, 9.17) is 0 Å². The molecule has 1 heterocycles. The summed E-state index contributed by atoms with van der Waals surface area (Å²) in [6.45, 7) is 3.53. The van der Waals surface area contributed by atoms with Gasteiger partial charge >= 0.3 is 0 Å². The Kier molecular flexibility index (Phi) is 3.47. The fourth-order valence-electron chi connectivity index (χ4n) is 2.08. The van der Waals surface area contributed by atoms with E-state index in [-0.39, 0.29) is 11.5 Å². The summed E-state index contributed by atoms with van der Waals surface area (Å²) in [4.78, 5) is 13.0. The van der Waals surface area contributed by atoms with Gasteiger partial charge in [0.15, 0.2) is 5.78 Å². The molecule has 1 saturated heterocycles. The number of carbonyl (C=O) groups is 1. The second kappa shape index (κ2) is 5.04. The van der Waals surface area contributed by atoms with Crippen LogP contribution in [-0.2, 0) is 4.79 Å². The SMILES string of the molecule is CC(=O)/C=C/c1ccc(N2CCCC2)c(O)c1. The zero-order chi connectivity index (χ0) is 12.3. The van der Waals surface area contributed by atoms with Crippen molar-refractivity contribution in [1.29, 1.82) is 0 Å². The molecule has 1 aromatic rings. The Balaban J connectivity index is 2.19. The van der Waals surface area contributed by atoms with E-state index in [9.17, 15) is 9.90 Å². The van der Waals surface area contributed by atoms with Crippen molar-refractivity contribution in [1.82, 2.24) is 0 Å². The van der Waals surface area contributed by atoms with Gasteiger partial charge in [-0.05, 0) is 43.5 Å². The lowest BCUT2D eigenvalue weighted by Crippen LogP contribution is -2.17. The highest BCUT2D eigenvalue weighted by molar-refractivity contribution is 5.91. The van der Waals surface area contributed by atoms with Crippen molar-refractivity contribution in [2.75, 3.05) is 18.0 Å². The molecule has 0 aliphatic carbocycles. The van der Waals surface area contributed by atoms with Crippen molar-refractivity contribution >= 4 is 17.5 Å². The highest BCUT2D eigenvalue weighted by Crippen LogP contribution is 2.31. The molecule has 17 heavy (non-hydrogen) atoms. The maximum absolute atomic E-state index is 10.8. The van der Waals surface area contributed by atoms with Gasteiger partial charge in [-0.15, -0.1) is 0 Å². The third kappa shape index (κ3) is 2.87. The highest BCUT2D eigenvalue weighted by Gasteiger charge is 2.15. The minimum absolute atomic E-state index is 0.00751. The molecular formula is C14H17NO2. The summed E-state index contributed by atoms with van der Waals surface area (Å²) in [6, 6.07) is 5.54. The van der Waals surface area contributed by atoms with Crippen LogP contribution in [0.15, 0.2) is 24.3 Å². The van der Waals surface area contributed by atoms with Crippen LogP contribution in [0.25, 0.3) is 6.08 Å². The van der Waals surface area contributed by atoms with Crippen molar-refractivity contribution < 1.29 is 9.90 Å². The molecule has 0 spiro atoms. The predicted octanol–water partition coefficient (Wildman–Crippen LogP) is 2.59. The molecule has 1 aliphatic rings. The number of carbonyl (C=O) groups excluding carboxylic acids is 1. The van der Waals surface area contributed by atoms with Gasteiger partial charge in [0.05, 0.1) is 5.69 Å². The lowest BCUT2D eigenvalue weighted by molar-refractivity contribution is -0.112. The summed E-state index contributed by atoms with van der Waals surface area (Å²) in [5.41, 5.74) is 1.74. The molecule has 3 heteroatoms. The molecule has 1 aromatic carbocycles. The number of phenols is 1. The summed E-state index contributed by atoms with van der Waals surface area (Å²) in [5.74, 6) is 0.297. The Morgan fingerprint density at radius 2 is 2.06 bits per heavy atom. The van der Waals surface area contributed by atoms with Gasteiger partial charge in [0.1, 0.15) is 5.75 Å². The van der Waals surface area contributed by atoms with E-state index in [1.165, 1.54) is 25.8 Å². The van der Waals surface area contributed by atoms with Gasteiger partial charge in [-0.25, -0.2) is 0 Å². The van der Waals surface area contributed by atoms with Gasteiger partial charge in [-0.1, -0.05) is 12.1 Å². The zero-order valence-electron chi connectivity index (χ0n) is 10.0. The third-order valence-electron chi connectivity index (χ3n) is 2.96. The van der Waals surface area contributed by atoms with Gasteiger partial charge in [-0.2, -0.15) is 0 Å². The minimum atomic E-state index is 0.00751. The number of nitrogens with zero attached hydrogens (tertiary/aromatic N) is 1. The van der Waals surface area contributed by atoms with E-state index in [1.807, 2.05) is 12.1 Å². The van der Waals surface area contributed by atoms with Crippen LogP contribution < -0.4 is 4.90 Å². The average Bonchev–Trinajstić information content (AvgIpc) is 2.79. The van der Waals surface area contributed by atoms with Crippen molar-refractivity contribution in [3.05, 3.63) is 29.8 Å². The highest BCUT2D eigenvalue weighted by atomic mass is 16.3. The maximum Gasteiger partial charge on any atom is 0.152 e. The average molecular weight is 231 g/mol. The third-order valence-corrected chi connectivity index (χ3v) is 2.96. The van der Waals surface area contributed by atoms with Crippen LogP contribution in [0, 0.1) is 0 Å². The molecule has 1 N–H and O–H groups in total. The number of aromatic hydroxyl groups is 1. The molecule has 3 nitrogen and oxygen atoms in total. The van der Waals surface area contributed by atoms with Gasteiger partial charge in [0.2, 0.25) is 0 Å². The maximum atomic E-state index is 10.8. The van der Waals surface area contributed by atoms with Gasteiger partial charge < -0.3 is 10.0 Å². The Bertz CT molecular complexity index is 446. The minimum Gasteiger partial charge on any atom is -0.506 e. The first-order chi connectivity index (χ1) is 8.16. The number of anilines is 1. The van der Waals surface area contributed by atoms with Crippen molar-refractivity contribution in [3.63, 3.8) is 0 Å². The van der Waals surface area contributed by atoms with Crippen molar-refractivity contribution in [3.8, 4) is 5.75 Å². The summed E-state index contributed by atoms with van der Waals surface area (Å²) in [7, 11) is 0. The smallest absolute Gasteiger partial charge is 0.152 e. The molecule has 0 unspecified atom stereocenters. The molecule has 0 saturated carbocycles. The zero-order valence-corrected chi connectivity index (χ0v) is 10.0. The lowest BCUT2D eigenvalue weighted by atomic mass is 10.1. The standard InChI is InChI=1S/C14H17NO2/c1-11(16)4-5-12-6-7-13(14(17)10-12)15-8-2-3-9-15/h4-7,10,17H,2-3,8-9H2,1H3/b5-4+. The first-order valence-electron chi connectivity index (χ1n) is 5.93. The van der Waals surface area contributed by atoms with Gasteiger partial charge in [0, 0.05) is 13.1 Å². The molecular weight excluding hydrogens is 214 g/mol. The molecule has 90 valence electrons. The number of phenolic OH excluding ortho intramolecular Hbond substituents is 1. The number of hydrogen-bond acceptors (Lipinski definition) is 3. The summed E-state index contributed by atoms with van der Waals surface area (Å²) in [6.07, 6.45) is 5.59. The molecule has 0 radical (unpaired) electrons. The number of benzene rings is 1. The fourth-order valence-corrected chi connectivity index (χ4v) is 2.08. The second-order valence-electron chi connectivity index (χ2n) is 4.39. The summed E-state index contributed by atoms with van der Waals surface area (Å²) in [5, 5.41) is 9.96. The Hall–Kier alpha value is -1.77. The van der Waals surface area contributed by atoms with Gasteiger partial charge in [0.25, 0.3) is 0 Å². The predicted molar refractivity (Wildman–Crippen MR) is 69.3 cm³/mol. The molecule has 1 aliphatic heterocycles. The normalized spacial score (nSPS) is 15.7. The van der Waals surface area contributed by atoms with E-state index >= 15 is 0 Å². The van der Waals surface area contributed by atoms with E-state index in [1.54, 1.807) is 12.1 Å². The monoisotopic (exact) mass is 231 g/mol. The number of rotatable bonds is 3. The molecule has 0 bridgehead atoms. The van der Waals surface area contributed by atoms with Crippen molar-refractivity contribution in [2.45, 2.75) is 19.8 Å². The Morgan fingerprint density at radius 3 is 2.65 bits per heavy atom. The Morgan fingerprint density at radius 1 is 1.35 bits per heavy atom. The van der Waals surface area contributed by atoms with E-state index in [2.05, 4.69) is 4.90 Å². The van der Waals surface area contributed by atoms with E-state index in [0.717, 1.165) is 24.3 Å². The second-order valence-corrected chi connectivity index (χ2v) is 4.39. The van der Waals surface area contributed by atoms with Crippen LogP contribution in [0.4, 0.5) is 5.69 Å². The first-order valence-corrected chi connectivity index (χ1v) is 5.93. The summed E-state index contributed by atoms with van der Waals surface area (Å²) < 4.78 is 0. The summed E-state index contributed by atoms with van der Waals surface area (Å²) >= 11 is 0. The van der Waals surface area contributed by atoms with E-state index in [0.29, 0.717) is 0 Å². The number of ketones is 1. The van der Waals surface area contributed by atoms with Crippen LogP contribution >= 0.6 is 0 Å². The van der Waals surface area contributed by atoms with Gasteiger partial charge in [-0.3, -0.25) is 4.79 Å². The fraction of sp³-hybridized carbons (Fsp3) is 0.357. The molecule has 0 atom stereocenters. The molecule has 1 fully saturated rings. The van der Waals surface area contributed by atoms with Crippen LogP contribution in [0.2, 0.25) is 0 Å². The Labute approximate surface area is 101 Å².